The van der Waals surface area contributed by atoms with Gasteiger partial charge in [0.25, 0.3) is 0 Å². The number of hydrogen-bond donors (Lipinski definition) is 3. The van der Waals surface area contributed by atoms with Crippen molar-refractivity contribution in [2.24, 2.45) is 0 Å². The summed E-state index contributed by atoms with van der Waals surface area (Å²) in [5.74, 6) is -0.556. The van der Waals surface area contributed by atoms with E-state index in [1.54, 1.807) is 0 Å². The van der Waals surface area contributed by atoms with Gasteiger partial charge < -0.3 is 20.1 Å². The lowest BCUT2D eigenvalue weighted by atomic mass is 10.1. The Hall–Kier alpha value is -3.59. The third kappa shape index (κ3) is 51.3. The van der Waals surface area contributed by atoms with Crippen molar-refractivity contribution in [1.29, 1.82) is 0 Å². The van der Waals surface area contributed by atoms with E-state index in [9.17, 15) is 24.2 Å². The fourth-order valence-electron chi connectivity index (χ4n) is 6.20. The van der Waals surface area contributed by atoms with Crippen molar-refractivity contribution in [3.05, 3.63) is 122 Å². The van der Waals surface area contributed by atoms with Gasteiger partial charge in [0.15, 0.2) is 0 Å². The molecule has 368 valence electrons. The molecule has 65 heavy (non-hydrogen) atoms. The van der Waals surface area contributed by atoms with Crippen LogP contribution in [0.5, 0.6) is 0 Å². The molecular weight excluding hydrogens is 834 g/mol. The summed E-state index contributed by atoms with van der Waals surface area (Å²) in [7, 11) is -4.44. The Morgan fingerprint density at radius 3 is 1.25 bits per heavy atom. The highest BCUT2D eigenvalue weighted by molar-refractivity contribution is 7.47. The number of phosphoric acid groups is 1. The number of unbranched alkanes of at least 4 members (excludes halogenated alkanes) is 12. The normalized spacial score (nSPS) is 14.2. The molecule has 0 bridgehead atoms. The average Bonchev–Trinajstić information content (AvgIpc) is 3.29. The number of phosphoric ester groups is 1. The van der Waals surface area contributed by atoms with Gasteiger partial charge in [-0.1, -0.05) is 187 Å². The molecule has 0 saturated carbocycles. The molecule has 0 aromatic heterocycles. The molecule has 2 unspecified atom stereocenters. The van der Waals surface area contributed by atoms with E-state index in [0.29, 0.717) is 12.8 Å². The quantitative estimate of drug-likeness (QED) is 0.0238. The minimum absolute atomic E-state index is 0.0615. The van der Waals surface area contributed by atoms with Crippen LogP contribution in [0.25, 0.3) is 0 Å². The number of carbonyl (C=O) groups excluding carboxylic acids is 2. The molecule has 0 aromatic carbocycles. The Balaban J connectivity index is 3.67. The van der Waals surface area contributed by atoms with Crippen molar-refractivity contribution in [1.82, 2.24) is 5.32 Å². The maximum atomic E-state index is 12.2. The second-order valence-electron chi connectivity index (χ2n) is 16.0. The van der Waals surface area contributed by atoms with Gasteiger partial charge in [-0.25, -0.2) is 4.57 Å². The molecule has 2 atom stereocenters. The maximum Gasteiger partial charge on any atom is 0.472 e. The summed E-state index contributed by atoms with van der Waals surface area (Å²) < 4.78 is 27.0. The zero-order valence-corrected chi connectivity index (χ0v) is 41.5. The first-order valence-corrected chi connectivity index (χ1v) is 26.5. The second-order valence-corrected chi connectivity index (χ2v) is 17.5. The first-order valence-electron chi connectivity index (χ1n) is 25.0. The van der Waals surface area contributed by atoms with Crippen molar-refractivity contribution in [2.75, 3.05) is 26.4 Å². The minimum Gasteiger partial charge on any atom is -0.463 e. The molecule has 0 aliphatic carbocycles. The van der Waals surface area contributed by atoms with Crippen molar-refractivity contribution in [2.45, 2.75) is 187 Å². The lowest BCUT2D eigenvalue weighted by Gasteiger charge is -2.15. The van der Waals surface area contributed by atoms with Gasteiger partial charge in [-0.15, -0.1) is 0 Å². The Kier molecular flexibility index (Phi) is 47.1. The van der Waals surface area contributed by atoms with Crippen LogP contribution in [0.1, 0.15) is 181 Å². The van der Waals surface area contributed by atoms with Gasteiger partial charge in [0.1, 0.15) is 12.7 Å². The molecule has 0 fully saturated rings. The molecule has 0 radical (unpaired) electrons. The Bertz CT molecular complexity index is 1470. The molecule has 0 aromatic rings. The number of amides is 1. The number of rotatable bonds is 45. The standard InChI is InChI=1S/C55H90NO8P/c1-3-5-7-9-11-13-15-17-19-21-23-25-26-28-30-32-34-36-38-40-42-44-46-48-55(59)62-51-53(57)52-64-65(60,61)63-50-49-56-54(58)47-45-43-41-39-37-35-33-31-29-27-24-22-20-18-16-14-12-10-8-6-4-2/h5-8,11-14,17-20,23-25,27-28,30-31,33,53,57H,3-4,9-10,15-16,21-22,26,29,32,34-52H2,1-2H3,(H,56,58)(H,60,61)/b7-5-,8-6-,13-11-,14-12-,19-17-,20-18-,25-23-,27-24-,30-28-,33-31-. The maximum absolute atomic E-state index is 12.2. The van der Waals surface area contributed by atoms with Gasteiger partial charge in [0, 0.05) is 19.4 Å². The molecule has 3 N–H and O–H groups in total. The van der Waals surface area contributed by atoms with Crippen LogP contribution < -0.4 is 5.32 Å². The van der Waals surface area contributed by atoms with E-state index in [0.717, 1.165) is 128 Å². The van der Waals surface area contributed by atoms with Crippen LogP contribution in [0, 0.1) is 0 Å². The van der Waals surface area contributed by atoms with E-state index in [1.807, 2.05) is 0 Å². The highest BCUT2D eigenvalue weighted by Gasteiger charge is 2.23. The summed E-state index contributed by atoms with van der Waals surface area (Å²) in [5, 5.41) is 12.7. The van der Waals surface area contributed by atoms with E-state index in [4.69, 9.17) is 13.8 Å². The Labute approximate surface area is 396 Å². The van der Waals surface area contributed by atoms with E-state index < -0.39 is 26.5 Å². The van der Waals surface area contributed by atoms with Crippen molar-refractivity contribution >= 4 is 19.7 Å². The zero-order chi connectivity index (χ0) is 47.4. The van der Waals surface area contributed by atoms with Gasteiger partial charge in [-0.3, -0.25) is 18.6 Å². The molecule has 10 heteroatoms. The first-order chi connectivity index (χ1) is 31.8. The predicted molar refractivity (Wildman–Crippen MR) is 274 cm³/mol. The number of ether oxygens (including phenoxy) is 1. The number of esters is 1. The van der Waals surface area contributed by atoms with E-state index >= 15 is 0 Å². The number of aliphatic hydroxyl groups is 1. The first kappa shape index (κ1) is 61.4. The number of carbonyl (C=O) groups is 2. The smallest absolute Gasteiger partial charge is 0.463 e. The zero-order valence-electron chi connectivity index (χ0n) is 40.6. The van der Waals surface area contributed by atoms with Crippen molar-refractivity contribution < 1.29 is 37.9 Å². The van der Waals surface area contributed by atoms with Gasteiger partial charge in [0.05, 0.1) is 13.2 Å². The van der Waals surface area contributed by atoms with E-state index in [-0.39, 0.29) is 32.1 Å². The number of nitrogens with one attached hydrogen (secondary N) is 1. The summed E-state index contributed by atoms with van der Waals surface area (Å²) in [6.07, 6.45) is 68.4. The number of hydrogen-bond acceptors (Lipinski definition) is 7. The van der Waals surface area contributed by atoms with E-state index in [2.05, 4.69) is 141 Å². The van der Waals surface area contributed by atoms with Crippen LogP contribution in [0.3, 0.4) is 0 Å². The predicted octanol–water partition coefficient (Wildman–Crippen LogP) is 14.9. The van der Waals surface area contributed by atoms with Crippen molar-refractivity contribution in [3.8, 4) is 0 Å². The summed E-state index contributed by atoms with van der Waals surface area (Å²) in [6.45, 7) is 3.27. The van der Waals surface area contributed by atoms with Crippen LogP contribution in [-0.4, -0.2) is 54.3 Å². The van der Waals surface area contributed by atoms with Gasteiger partial charge in [-0.2, -0.15) is 0 Å². The van der Waals surface area contributed by atoms with Crippen LogP contribution >= 0.6 is 7.82 Å². The van der Waals surface area contributed by atoms with Gasteiger partial charge in [0.2, 0.25) is 5.91 Å². The fourth-order valence-corrected chi connectivity index (χ4v) is 6.95. The molecular formula is C55H90NO8P. The number of allylic oxidation sites excluding steroid dienone is 20. The molecule has 0 heterocycles. The highest BCUT2D eigenvalue weighted by Crippen LogP contribution is 2.42. The molecule has 0 aliphatic rings. The summed E-state index contributed by atoms with van der Waals surface area (Å²) >= 11 is 0. The highest BCUT2D eigenvalue weighted by atomic mass is 31.2. The Morgan fingerprint density at radius 2 is 0.831 bits per heavy atom. The molecule has 0 aliphatic heterocycles. The van der Waals surface area contributed by atoms with Crippen LogP contribution in [-0.2, 0) is 27.9 Å². The monoisotopic (exact) mass is 924 g/mol. The van der Waals surface area contributed by atoms with Gasteiger partial charge >= 0.3 is 13.8 Å². The van der Waals surface area contributed by atoms with Crippen LogP contribution in [0.4, 0.5) is 0 Å². The summed E-state index contributed by atoms with van der Waals surface area (Å²) in [5.41, 5.74) is 0. The van der Waals surface area contributed by atoms with Gasteiger partial charge in [-0.05, 0) is 103 Å². The SMILES string of the molecule is CC/C=C\C/C=C\C/C=C\C/C=C\C/C=C\CCCCCCCCCC(=O)OCC(O)COP(=O)(O)OCCNC(=O)CCCCCCC/C=C\C/C=C\C/C=C\C/C=C\C/C=C\CC. The van der Waals surface area contributed by atoms with E-state index in [1.165, 1.54) is 19.3 Å². The minimum atomic E-state index is -4.44. The third-order valence-corrected chi connectivity index (χ3v) is 10.9. The summed E-state index contributed by atoms with van der Waals surface area (Å²) in [6, 6.07) is 0. The van der Waals surface area contributed by atoms with Crippen LogP contribution in [0.15, 0.2) is 122 Å². The largest absolute Gasteiger partial charge is 0.472 e. The number of aliphatic hydroxyl groups excluding tert-OH is 1. The molecule has 0 saturated heterocycles. The molecule has 1 amide bonds. The fraction of sp³-hybridized carbons (Fsp3) is 0.600. The molecule has 0 spiro atoms. The lowest BCUT2D eigenvalue weighted by Crippen LogP contribution is -2.27. The molecule has 9 nitrogen and oxygen atoms in total. The molecule has 0 rings (SSSR count). The van der Waals surface area contributed by atoms with Crippen molar-refractivity contribution in [3.63, 3.8) is 0 Å². The topological polar surface area (TPSA) is 131 Å². The summed E-state index contributed by atoms with van der Waals surface area (Å²) in [4.78, 5) is 34.1. The third-order valence-electron chi connectivity index (χ3n) is 9.89. The van der Waals surface area contributed by atoms with Crippen LogP contribution in [0.2, 0.25) is 0 Å². The lowest BCUT2D eigenvalue weighted by molar-refractivity contribution is -0.147. The Morgan fingerprint density at radius 1 is 0.477 bits per heavy atom. The average molecular weight is 924 g/mol. The second kappa shape index (κ2) is 49.8.